The average Bonchev–Trinajstić information content (AvgIpc) is 2.65. The summed E-state index contributed by atoms with van der Waals surface area (Å²) in [5.41, 5.74) is 1.42. The number of hydrogen-bond acceptors (Lipinski definition) is 5. The fourth-order valence-electron chi connectivity index (χ4n) is 4.04. The Morgan fingerprint density at radius 1 is 1.30 bits per heavy atom. The normalized spacial score (nSPS) is 20.5. The smallest absolute Gasteiger partial charge is 0.303 e. The predicted octanol–water partition coefficient (Wildman–Crippen LogP) is 3.25. The van der Waals surface area contributed by atoms with Crippen molar-refractivity contribution in [2.45, 2.75) is 25.7 Å². The maximum Gasteiger partial charge on any atom is 0.303 e. The third-order valence-electron chi connectivity index (χ3n) is 5.52. The summed E-state index contributed by atoms with van der Waals surface area (Å²) in [6.45, 7) is 1.73. The Balaban J connectivity index is 1.73. The number of rotatable bonds is 7. The van der Waals surface area contributed by atoms with Crippen molar-refractivity contribution in [3.63, 3.8) is 0 Å². The molecule has 27 heavy (non-hydrogen) atoms. The Kier molecular flexibility index (Phi) is 6.06. The fourth-order valence-corrected chi connectivity index (χ4v) is 4.04. The Morgan fingerprint density at radius 3 is 2.85 bits per heavy atom. The van der Waals surface area contributed by atoms with Crippen molar-refractivity contribution in [2.24, 2.45) is 11.8 Å². The molecule has 0 radical (unpaired) electrons. The summed E-state index contributed by atoms with van der Waals surface area (Å²) in [6.07, 6.45) is 3.90. The SMILES string of the molecule is COc1ccc2nccc(C(=O)CCC3CCN(C)CC3CC(=O)O)c2c1. The Bertz CT molecular complexity index is 836. The topological polar surface area (TPSA) is 79.7 Å². The zero-order valence-electron chi connectivity index (χ0n) is 15.9. The van der Waals surface area contributed by atoms with Crippen LogP contribution >= 0.6 is 0 Å². The van der Waals surface area contributed by atoms with Crippen LogP contribution in [0.3, 0.4) is 0 Å². The number of Topliss-reactive ketones (excluding diaryl/α,β-unsaturated/α-hetero) is 1. The molecule has 1 saturated heterocycles. The van der Waals surface area contributed by atoms with Crippen LogP contribution in [0.25, 0.3) is 10.9 Å². The lowest BCUT2D eigenvalue weighted by Crippen LogP contribution is -2.39. The largest absolute Gasteiger partial charge is 0.497 e. The van der Waals surface area contributed by atoms with Gasteiger partial charge in [-0.1, -0.05) is 0 Å². The van der Waals surface area contributed by atoms with E-state index in [4.69, 9.17) is 4.74 Å². The molecule has 0 amide bonds. The molecule has 1 aliphatic heterocycles. The van der Waals surface area contributed by atoms with Crippen molar-refractivity contribution in [1.29, 1.82) is 0 Å². The zero-order chi connectivity index (χ0) is 19.4. The molecule has 0 bridgehead atoms. The number of piperidine rings is 1. The van der Waals surface area contributed by atoms with Gasteiger partial charge in [0.1, 0.15) is 5.75 Å². The van der Waals surface area contributed by atoms with Gasteiger partial charge in [-0.25, -0.2) is 0 Å². The summed E-state index contributed by atoms with van der Waals surface area (Å²) in [5, 5.41) is 9.99. The lowest BCUT2D eigenvalue weighted by atomic mass is 9.80. The Hall–Kier alpha value is -2.47. The lowest BCUT2D eigenvalue weighted by molar-refractivity contribution is -0.139. The molecule has 1 fully saturated rings. The first-order valence-electron chi connectivity index (χ1n) is 9.34. The van der Waals surface area contributed by atoms with Gasteiger partial charge in [-0.05, 0) is 62.5 Å². The first kappa shape index (κ1) is 19.3. The summed E-state index contributed by atoms with van der Waals surface area (Å²) < 4.78 is 5.27. The molecule has 3 rings (SSSR count). The number of ketones is 1. The van der Waals surface area contributed by atoms with Gasteiger partial charge < -0.3 is 14.7 Å². The number of carboxylic acid groups (broad SMARTS) is 1. The first-order chi connectivity index (χ1) is 13.0. The molecule has 0 spiro atoms. The van der Waals surface area contributed by atoms with Gasteiger partial charge in [0.25, 0.3) is 0 Å². The Morgan fingerprint density at radius 2 is 2.11 bits per heavy atom. The van der Waals surface area contributed by atoms with Crippen LogP contribution in [-0.2, 0) is 4.79 Å². The van der Waals surface area contributed by atoms with Gasteiger partial charge in [-0.15, -0.1) is 0 Å². The molecule has 1 N–H and O–H groups in total. The lowest BCUT2D eigenvalue weighted by Gasteiger charge is -2.36. The molecule has 2 aromatic rings. The number of methoxy groups -OCH3 is 1. The number of hydrogen-bond donors (Lipinski definition) is 1. The van der Waals surface area contributed by atoms with E-state index in [1.54, 1.807) is 19.4 Å². The van der Waals surface area contributed by atoms with E-state index in [0.29, 0.717) is 17.7 Å². The van der Waals surface area contributed by atoms with Crippen LogP contribution < -0.4 is 4.74 Å². The number of aliphatic carboxylic acids is 1. The molecule has 0 saturated carbocycles. The third kappa shape index (κ3) is 4.63. The summed E-state index contributed by atoms with van der Waals surface area (Å²) >= 11 is 0. The van der Waals surface area contributed by atoms with Crippen molar-refractivity contribution in [2.75, 3.05) is 27.2 Å². The van der Waals surface area contributed by atoms with Gasteiger partial charge in [0, 0.05) is 36.5 Å². The van der Waals surface area contributed by atoms with E-state index in [-0.39, 0.29) is 24.0 Å². The summed E-state index contributed by atoms with van der Waals surface area (Å²) in [7, 11) is 3.62. The summed E-state index contributed by atoms with van der Waals surface area (Å²) in [4.78, 5) is 30.6. The monoisotopic (exact) mass is 370 g/mol. The van der Waals surface area contributed by atoms with E-state index < -0.39 is 5.97 Å². The van der Waals surface area contributed by atoms with E-state index in [1.165, 1.54) is 0 Å². The maximum absolute atomic E-state index is 12.9. The highest BCUT2D eigenvalue weighted by Crippen LogP contribution is 2.31. The number of fused-ring (bicyclic) bond motifs is 1. The summed E-state index contributed by atoms with van der Waals surface area (Å²) in [5.74, 6) is 0.371. The van der Waals surface area contributed by atoms with Crippen molar-refractivity contribution in [3.8, 4) is 5.75 Å². The number of pyridine rings is 1. The molecule has 144 valence electrons. The third-order valence-corrected chi connectivity index (χ3v) is 5.52. The van der Waals surface area contributed by atoms with Crippen LogP contribution in [0, 0.1) is 11.8 Å². The minimum absolute atomic E-state index is 0.0728. The number of carbonyl (C=O) groups excluding carboxylic acids is 1. The number of aromatic nitrogens is 1. The number of carbonyl (C=O) groups is 2. The van der Waals surface area contributed by atoms with Crippen molar-refractivity contribution < 1.29 is 19.4 Å². The number of ether oxygens (including phenoxy) is 1. The highest BCUT2D eigenvalue weighted by Gasteiger charge is 2.29. The van der Waals surface area contributed by atoms with Crippen LogP contribution in [0.5, 0.6) is 5.75 Å². The van der Waals surface area contributed by atoms with Gasteiger partial charge in [-0.2, -0.15) is 0 Å². The average molecular weight is 370 g/mol. The van der Waals surface area contributed by atoms with E-state index in [1.807, 2.05) is 25.2 Å². The van der Waals surface area contributed by atoms with Gasteiger partial charge in [0.2, 0.25) is 0 Å². The summed E-state index contributed by atoms with van der Waals surface area (Å²) in [6, 6.07) is 7.29. The number of likely N-dealkylation sites (tertiary alicyclic amines) is 1. The van der Waals surface area contributed by atoms with Gasteiger partial charge in [0.05, 0.1) is 12.6 Å². The standard InChI is InChI=1S/C21H26N2O4/c1-23-10-8-14(15(13-23)11-21(25)26)3-6-20(24)17-7-9-22-19-5-4-16(27-2)12-18(17)19/h4-5,7,9,12,14-15H,3,6,8,10-11,13H2,1-2H3,(H,25,26). The predicted molar refractivity (Wildman–Crippen MR) is 103 cm³/mol. The van der Waals surface area contributed by atoms with Crippen LogP contribution in [0.15, 0.2) is 30.5 Å². The van der Waals surface area contributed by atoms with Crippen molar-refractivity contribution >= 4 is 22.7 Å². The number of carboxylic acids is 1. The zero-order valence-corrected chi connectivity index (χ0v) is 15.9. The molecule has 6 nitrogen and oxygen atoms in total. The minimum atomic E-state index is -0.765. The highest BCUT2D eigenvalue weighted by atomic mass is 16.5. The van der Waals surface area contributed by atoms with Crippen molar-refractivity contribution in [3.05, 3.63) is 36.0 Å². The molecular weight excluding hydrogens is 344 g/mol. The molecule has 6 heteroatoms. The van der Waals surface area contributed by atoms with E-state index in [9.17, 15) is 14.7 Å². The number of nitrogens with zero attached hydrogens (tertiary/aromatic N) is 2. The van der Waals surface area contributed by atoms with Crippen LogP contribution in [-0.4, -0.2) is 54.0 Å². The molecule has 1 aliphatic rings. The molecule has 2 unspecified atom stereocenters. The minimum Gasteiger partial charge on any atom is -0.497 e. The molecule has 0 aliphatic carbocycles. The van der Waals surface area contributed by atoms with Crippen LogP contribution in [0.1, 0.15) is 36.0 Å². The molecule has 2 atom stereocenters. The second kappa shape index (κ2) is 8.48. The number of benzene rings is 1. The van der Waals surface area contributed by atoms with Gasteiger partial charge >= 0.3 is 5.97 Å². The van der Waals surface area contributed by atoms with Crippen LogP contribution in [0.4, 0.5) is 0 Å². The van der Waals surface area contributed by atoms with E-state index in [2.05, 4.69) is 9.88 Å². The van der Waals surface area contributed by atoms with Crippen molar-refractivity contribution in [1.82, 2.24) is 9.88 Å². The molecule has 2 heterocycles. The van der Waals surface area contributed by atoms with Gasteiger partial charge in [0.15, 0.2) is 5.78 Å². The van der Waals surface area contributed by atoms with E-state index in [0.717, 1.165) is 36.8 Å². The first-order valence-corrected chi connectivity index (χ1v) is 9.34. The molecular formula is C21H26N2O4. The van der Waals surface area contributed by atoms with Gasteiger partial charge in [-0.3, -0.25) is 14.6 Å². The Labute approximate surface area is 159 Å². The van der Waals surface area contributed by atoms with E-state index >= 15 is 0 Å². The van der Waals surface area contributed by atoms with Crippen LogP contribution in [0.2, 0.25) is 0 Å². The molecule has 1 aromatic heterocycles. The second-order valence-corrected chi connectivity index (χ2v) is 7.37. The maximum atomic E-state index is 12.9. The molecule has 1 aromatic carbocycles. The fraction of sp³-hybridized carbons (Fsp3) is 0.476. The quantitative estimate of drug-likeness (QED) is 0.754. The highest BCUT2D eigenvalue weighted by molar-refractivity contribution is 6.07. The second-order valence-electron chi connectivity index (χ2n) is 7.37.